The van der Waals surface area contributed by atoms with Crippen molar-refractivity contribution in [3.8, 4) is 0 Å². The fraction of sp³-hybridized carbons (Fsp3) is 0.250. The third kappa shape index (κ3) is 3.24. The highest BCUT2D eigenvalue weighted by Gasteiger charge is 2.12. The molecule has 94 valence electrons. The zero-order chi connectivity index (χ0) is 13.1. The minimum atomic E-state index is 0.357. The van der Waals surface area contributed by atoms with Crippen molar-refractivity contribution in [3.05, 3.63) is 69.2 Å². The van der Waals surface area contributed by atoms with Crippen LogP contribution in [0.5, 0.6) is 0 Å². The largest absolute Gasteiger partial charge is 0.0835 e. The Labute approximate surface area is 126 Å². The van der Waals surface area contributed by atoms with Crippen molar-refractivity contribution in [3.63, 3.8) is 0 Å². The lowest BCUT2D eigenvalue weighted by Gasteiger charge is -2.15. The number of halogens is 2. The third-order valence-electron chi connectivity index (χ3n) is 3.24. The van der Waals surface area contributed by atoms with Crippen LogP contribution in [0.3, 0.4) is 0 Å². The lowest BCUT2D eigenvalue weighted by Crippen LogP contribution is -1.99. The first kappa shape index (κ1) is 13.8. The molecule has 0 bridgehead atoms. The van der Waals surface area contributed by atoms with E-state index in [0.717, 1.165) is 10.9 Å². The summed E-state index contributed by atoms with van der Waals surface area (Å²) >= 11 is 7.36. The van der Waals surface area contributed by atoms with Crippen molar-refractivity contribution in [2.45, 2.75) is 25.1 Å². The van der Waals surface area contributed by atoms with Gasteiger partial charge in [-0.3, -0.25) is 0 Å². The molecule has 18 heavy (non-hydrogen) atoms. The fourth-order valence-corrected chi connectivity index (χ4v) is 3.31. The average Bonchev–Trinajstić information content (AvgIpc) is 2.35. The van der Waals surface area contributed by atoms with E-state index in [0.29, 0.717) is 4.83 Å². The van der Waals surface area contributed by atoms with Gasteiger partial charge in [0.05, 0.1) is 0 Å². The number of benzene rings is 2. The standard InChI is InChI=1S/C16H16Br2/c1-11-5-3-4-6-13(11)9-16(18)15-10-14(17)8-7-12(15)2/h3-8,10,16H,9H2,1-2H3. The Morgan fingerprint density at radius 1 is 1.00 bits per heavy atom. The number of hydrogen-bond donors (Lipinski definition) is 0. The van der Waals surface area contributed by atoms with Crippen LogP contribution in [0.1, 0.15) is 27.1 Å². The molecule has 0 spiro atoms. The van der Waals surface area contributed by atoms with Crippen LogP contribution in [0.15, 0.2) is 46.9 Å². The van der Waals surface area contributed by atoms with E-state index in [2.05, 4.69) is 88.2 Å². The van der Waals surface area contributed by atoms with Gasteiger partial charge in [-0.25, -0.2) is 0 Å². The van der Waals surface area contributed by atoms with Crippen molar-refractivity contribution in [1.82, 2.24) is 0 Å². The maximum absolute atomic E-state index is 3.82. The summed E-state index contributed by atoms with van der Waals surface area (Å²) in [5, 5.41) is 0. The van der Waals surface area contributed by atoms with E-state index >= 15 is 0 Å². The van der Waals surface area contributed by atoms with Gasteiger partial charge in [0.1, 0.15) is 0 Å². The van der Waals surface area contributed by atoms with Gasteiger partial charge in [-0.15, -0.1) is 0 Å². The van der Waals surface area contributed by atoms with E-state index in [-0.39, 0.29) is 0 Å². The maximum Gasteiger partial charge on any atom is 0.0438 e. The summed E-state index contributed by atoms with van der Waals surface area (Å²) in [6.45, 7) is 4.33. The second-order valence-electron chi connectivity index (χ2n) is 4.60. The smallest absolute Gasteiger partial charge is 0.0438 e. The number of aryl methyl sites for hydroxylation is 2. The van der Waals surface area contributed by atoms with E-state index in [9.17, 15) is 0 Å². The molecule has 2 aromatic rings. The molecule has 0 aliphatic carbocycles. The molecule has 0 aliphatic rings. The Morgan fingerprint density at radius 2 is 1.72 bits per heavy atom. The minimum absolute atomic E-state index is 0.357. The van der Waals surface area contributed by atoms with Crippen LogP contribution in [-0.4, -0.2) is 0 Å². The molecule has 2 heteroatoms. The predicted octanol–water partition coefficient (Wildman–Crippen LogP) is 5.74. The predicted molar refractivity (Wildman–Crippen MR) is 85.4 cm³/mol. The summed E-state index contributed by atoms with van der Waals surface area (Å²) in [7, 11) is 0. The molecule has 1 atom stereocenters. The molecule has 0 N–H and O–H groups in total. The normalized spacial score (nSPS) is 12.4. The lowest BCUT2D eigenvalue weighted by atomic mass is 9.98. The van der Waals surface area contributed by atoms with Crippen molar-refractivity contribution in [2.24, 2.45) is 0 Å². The lowest BCUT2D eigenvalue weighted by molar-refractivity contribution is 0.928. The Bertz CT molecular complexity index is 547. The maximum atomic E-state index is 3.82. The molecule has 0 radical (unpaired) electrons. The topological polar surface area (TPSA) is 0 Å². The van der Waals surface area contributed by atoms with Crippen molar-refractivity contribution in [1.29, 1.82) is 0 Å². The Hall–Kier alpha value is -0.600. The molecule has 0 saturated heterocycles. The van der Waals surface area contributed by atoms with Crippen LogP contribution in [0.4, 0.5) is 0 Å². The number of hydrogen-bond acceptors (Lipinski definition) is 0. The van der Waals surface area contributed by atoms with E-state index in [4.69, 9.17) is 0 Å². The van der Waals surface area contributed by atoms with Gasteiger partial charge in [0.2, 0.25) is 0 Å². The highest BCUT2D eigenvalue weighted by atomic mass is 79.9. The Kier molecular flexibility index (Phi) is 4.63. The monoisotopic (exact) mass is 366 g/mol. The van der Waals surface area contributed by atoms with Crippen molar-refractivity contribution < 1.29 is 0 Å². The van der Waals surface area contributed by atoms with Crippen LogP contribution in [0.2, 0.25) is 0 Å². The third-order valence-corrected chi connectivity index (χ3v) is 4.55. The molecule has 2 rings (SSSR count). The van der Waals surface area contributed by atoms with Crippen LogP contribution in [-0.2, 0) is 6.42 Å². The second kappa shape index (κ2) is 6.03. The zero-order valence-electron chi connectivity index (χ0n) is 10.6. The van der Waals surface area contributed by atoms with Gasteiger partial charge in [0.25, 0.3) is 0 Å². The van der Waals surface area contributed by atoms with Crippen LogP contribution < -0.4 is 0 Å². The molecule has 0 fully saturated rings. The molecule has 0 nitrogen and oxygen atoms in total. The summed E-state index contributed by atoms with van der Waals surface area (Å²) in [6, 6.07) is 15.0. The summed E-state index contributed by atoms with van der Waals surface area (Å²) in [5.74, 6) is 0. The first-order chi connectivity index (χ1) is 8.58. The first-order valence-corrected chi connectivity index (χ1v) is 7.73. The van der Waals surface area contributed by atoms with E-state index < -0.39 is 0 Å². The SMILES string of the molecule is Cc1ccccc1CC(Br)c1cc(Br)ccc1C. The summed E-state index contributed by atoms with van der Waals surface area (Å²) < 4.78 is 1.14. The summed E-state index contributed by atoms with van der Waals surface area (Å²) in [4.78, 5) is 0.357. The van der Waals surface area contributed by atoms with Gasteiger partial charge in [0.15, 0.2) is 0 Å². The van der Waals surface area contributed by atoms with Gasteiger partial charge in [-0.05, 0) is 54.7 Å². The van der Waals surface area contributed by atoms with Crippen molar-refractivity contribution in [2.75, 3.05) is 0 Å². The molecule has 0 heterocycles. The van der Waals surface area contributed by atoms with Gasteiger partial charge in [-0.1, -0.05) is 62.2 Å². The molecule has 0 amide bonds. The Morgan fingerprint density at radius 3 is 2.44 bits per heavy atom. The molecule has 2 aromatic carbocycles. The molecule has 0 saturated carbocycles. The fourth-order valence-electron chi connectivity index (χ4n) is 2.09. The van der Waals surface area contributed by atoms with E-state index in [1.54, 1.807) is 0 Å². The van der Waals surface area contributed by atoms with Crippen molar-refractivity contribution >= 4 is 31.9 Å². The van der Waals surface area contributed by atoms with Gasteiger partial charge in [-0.2, -0.15) is 0 Å². The first-order valence-electron chi connectivity index (χ1n) is 6.02. The highest BCUT2D eigenvalue weighted by Crippen LogP contribution is 2.32. The molecule has 1 unspecified atom stereocenters. The highest BCUT2D eigenvalue weighted by molar-refractivity contribution is 9.10. The summed E-state index contributed by atoms with van der Waals surface area (Å²) in [5.41, 5.74) is 5.44. The van der Waals surface area contributed by atoms with Gasteiger partial charge in [0, 0.05) is 9.30 Å². The number of alkyl halides is 1. The molecule has 0 aliphatic heterocycles. The van der Waals surface area contributed by atoms with Crippen LogP contribution >= 0.6 is 31.9 Å². The van der Waals surface area contributed by atoms with E-state index in [1.165, 1.54) is 22.3 Å². The summed E-state index contributed by atoms with van der Waals surface area (Å²) in [6.07, 6.45) is 1.02. The zero-order valence-corrected chi connectivity index (χ0v) is 13.8. The van der Waals surface area contributed by atoms with E-state index in [1.807, 2.05) is 0 Å². The molecular formula is C16H16Br2. The van der Waals surface area contributed by atoms with Gasteiger partial charge >= 0.3 is 0 Å². The Balaban J connectivity index is 2.25. The molecular weight excluding hydrogens is 352 g/mol. The molecule has 0 aromatic heterocycles. The van der Waals surface area contributed by atoms with Crippen LogP contribution in [0.25, 0.3) is 0 Å². The minimum Gasteiger partial charge on any atom is -0.0835 e. The number of rotatable bonds is 3. The van der Waals surface area contributed by atoms with Gasteiger partial charge < -0.3 is 0 Å². The average molecular weight is 368 g/mol. The van der Waals surface area contributed by atoms with Crippen LogP contribution in [0, 0.1) is 13.8 Å². The second-order valence-corrected chi connectivity index (χ2v) is 6.62. The quantitative estimate of drug-likeness (QED) is 0.606.